The highest BCUT2D eigenvalue weighted by atomic mass is 16.5. The van der Waals surface area contributed by atoms with E-state index >= 15 is 0 Å². The molecule has 3 heterocycles. The normalized spacial score (nSPS) is 33.2. The number of nitrogens with zero attached hydrogens (tertiary/aromatic N) is 3. The number of rotatable bonds is 12. The van der Waals surface area contributed by atoms with Crippen LogP contribution in [0.3, 0.4) is 0 Å². The van der Waals surface area contributed by atoms with Gasteiger partial charge < -0.3 is 24.5 Å². The van der Waals surface area contributed by atoms with Gasteiger partial charge >= 0.3 is 0 Å². The van der Waals surface area contributed by atoms with Crippen LogP contribution in [-0.4, -0.2) is 93.1 Å². The summed E-state index contributed by atoms with van der Waals surface area (Å²) in [6, 6.07) is -1.28. The van der Waals surface area contributed by atoms with Crippen LogP contribution >= 0.6 is 0 Å². The van der Waals surface area contributed by atoms with Gasteiger partial charge in [-0.15, -0.1) is 13.2 Å². The van der Waals surface area contributed by atoms with Crippen molar-refractivity contribution in [3.63, 3.8) is 0 Å². The molecule has 6 atom stereocenters. The van der Waals surface area contributed by atoms with Crippen LogP contribution < -0.4 is 0 Å². The summed E-state index contributed by atoms with van der Waals surface area (Å²) in [6.45, 7) is 14.8. The first kappa shape index (κ1) is 28.8. The summed E-state index contributed by atoms with van der Waals surface area (Å²) in [4.78, 5) is 48.3. The van der Waals surface area contributed by atoms with Crippen LogP contribution in [0.4, 0.5) is 0 Å². The minimum atomic E-state index is -1.08. The van der Waals surface area contributed by atoms with E-state index in [9.17, 15) is 19.5 Å². The van der Waals surface area contributed by atoms with Gasteiger partial charge in [-0.05, 0) is 45.4 Å². The summed E-state index contributed by atoms with van der Waals surface area (Å²) in [5.41, 5.74) is -1.89. The summed E-state index contributed by atoms with van der Waals surface area (Å²) in [5, 5.41) is 10.3. The first-order valence-corrected chi connectivity index (χ1v) is 14.7. The van der Waals surface area contributed by atoms with Crippen molar-refractivity contribution in [3.8, 4) is 0 Å². The average Bonchev–Trinajstić information content (AvgIpc) is 3.48. The minimum absolute atomic E-state index is 0.0927. The maximum atomic E-state index is 14.6. The second-order valence-corrected chi connectivity index (χ2v) is 11.9. The van der Waals surface area contributed by atoms with Crippen LogP contribution in [-0.2, 0) is 19.1 Å². The molecule has 1 aliphatic carbocycles. The van der Waals surface area contributed by atoms with Crippen molar-refractivity contribution < 1.29 is 24.2 Å². The lowest BCUT2D eigenvalue weighted by atomic mass is 9.66. The topological polar surface area (TPSA) is 90.4 Å². The van der Waals surface area contributed by atoms with Gasteiger partial charge in [0, 0.05) is 25.7 Å². The quantitative estimate of drug-likeness (QED) is 0.392. The minimum Gasteiger partial charge on any atom is -0.394 e. The van der Waals surface area contributed by atoms with Crippen LogP contribution in [0.5, 0.6) is 0 Å². The van der Waals surface area contributed by atoms with E-state index in [1.165, 1.54) is 6.42 Å². The van der Waals surface area contributed by atoms with E-state index in [0.29, 0.717) is 38.9 Å². The van der Waals surface area contributed by atoms with Crippen molar-refractivity contribution in [2.24, 2.45) is 11.8 Å². The lowest BCUT2D eigenvalue weighted by molar-refractivity contribution is -0.158. The fourth-order valence-corrected chi connectivity index (χ4v) is 7.85. The molecule has 0 aromatic heterocycles. The van der Waals surface area contributed by atoms with Crippen LogP contribution in [0.15, 0.2) is 25.3 Å². The van der Waals surface area contributed by atoms with Gasteiger partial charge in [0.15, 0.2) is 0 Å². The molecule has 1 spiro atoms. The van der Waals surface area contributed by atoms with Crippen LogP contribution in [0.1, 0.15) is 78.6 Å². The molecular weight excluding hydrogens is 482 g/mol. The van der Waals surface area contributed by atoms with Gasteiger partial charge in [0.2, 0.25) is 17.7 Å². The summed E-state index contributed by atoms with van der Waals surface area (Å²) >= 11 is 0. The Hall–Kier alpha value is -2.19. The zero-order valence-corrected chi connectivity index (χ0v) is 23.6. The number of fused-ring (bicyclic) bond motifs is 1. The number of carbonyl (C=O) groups excluding carboxylic acids is 3. The van der Waals surface area contributed by atoms with Crippen molar-refractivity contribution in [1.82, 2.24) is 14.7 Å². The Labute approximate surface area is 228 Å². The van der Waals surface area contributed by atoms with Crippen molar-refractivity contribution >= 4 is 17.7 Å². The number of likely N-dealkylation sites (tertiary alicyclic amines) is 1. The molecule has 8 nitrogen and oxygen atoms in total. The Morgan fingerprint density at radius 1 is 1.13 bits per heavy atom. The van der Waals surface area contributed by atoms with Crippen LogP contribution in [0.25, 0.3) is 0 Å². The number of aliphatic hydroxyl groups excluding tert-OH is 1. The molecular formula is C30H47N3O5. The zero-order chi connectivity index (χ0) is 27.7. The third-order valence-corrected chi connectivity index (χ3v) is 9.57. The number of ether oxygens (including phenoxy) is 1. The summed E-state index contributed by atoms with van der Waals surface area (Å²) in [7, 11) is 0. The maximum Gasteiger partial charge on any atom is 0.248 e. The van der Waals surface area contributed by atoms with E-state index in [0.717, 1.165) is 32.1 Å². The standard InChI is InChI=1S/C30H47N3O5/c1-6-17-31(18-7-2)26(35)23-24-27(36)33(21(9-4)20-34)25(30(24)16-15-29(23,5)38-30)28(37)32(19-8-3)22-13-11-10-12-14-22/h6,8,21-25,34H,1,3,7,9-20H2,2,4-5H3/t21-,23+,24-,25?,29-,30?/m0/s1. The second-order valence-electron chi connectivity index (χ2n) is 11.9. The monoisotopic (exact) mass is 529 g/mol. The Morgan fingerprint density at radius 2 is 1.82 bits per heavy atom. The largest absolute Gasteiger partial charge is 0.394 e. The molecule has 1 N–H and O–H groups in total. The predicted octanol–water partition coefficient (Wildman–Crippen LogP) is 3.29. The number of aliphatic hydroxyl groups is 1. The molecule has 3 amide bonds. The van der Waals surface area contributed by atoms with Gasteiger partial charge in [0.1, 0.15) is 11.6 Å². The van der Waals surface area contributed by atoms with E-state index in [4.69, 9.17) is 4.74 Å². The fraction of sp³-hybridized carbons (Fsp3) is 0.767. The third-order valence-electron chi connectivity index (χ3n) is 9.57. The summed E-state index contributed by atoms with van der Waals surface area (Å²) < 4.78 is 6.81. The van der Waals surface area contributed by atoms with Crippen LogP contribution in [0.2, 0.25) is 0 Å². The van der Waals surface area contributed by atoms with Crippen molar-refractivity contribution in [3.05, 3.63) is 25.3 Å². The summed E-state index contributed by atoms with van der Waals surface area (Å²) in [5.74, 6) is -1.88. The van der Waals surface area contributed by atoms with E-state index in [1.807, 2.05) is 25.7 Å². The Kier molecular flexibility index (Phi) is 8.72. The Morgan fingerprint density at radius 3 is 2.39 bits per heavy atom. The molecule has 212 valence electrons. The molecule has 0 aromatic rings. The van der Waals surface area contributed by atoms with Crippen LogP contribution in [0, 0.1) is 11.8 Å². The molecule has 0 aromatic carbocycles. The number of hydrogen-bond donors (Lipinski definition) is 1. The highest BCUT2D eigenvalue weighted by molar-refractivity contribution is 5.99. The highest BCUT2D eigenvalue weighted by Gasteiger charge is 2.78. The van der Waals surface area contributed by atoms with E-state index in [-0.39, 0.29) is 30.4 Å². The molecule has 0 radical (unpaired) electrons. The number of hydrogen-bond acceptors (Lipinski definition) is 5. The first-order chi connectivity index (χ1) is 18.2. The average molecular weight is 530 g/mol. The van der Waals surface area contributed by atoms with E-state index in [2.05, 4.69) is 13.2 Å². The summed E-state index contributed by atoms with van der Waals surface area (Å²) in [6.07, 6.45) is 11.1. The molecule has 3 aliphatic heterocycles. The van der Waals surface area contributed by atoms with Gasteiger partial charge in [0.25, 0.3) is 0 Å². The Bertz CT molecular complexity index is 929. The highest BCUT2D eigenvalue weighted by Crippen LogP contribution is 2.64. The van der Waals surface area contributed by atoms with Crippen molar-refractivity contribution in [2.45, 2.75) is 108 Å². The lowest BCUT2D eigenvalue weighted by Gasteiger charge is -2.42. The van der Waals surface area contributed by atoms with Gasteiger partial charge in [-0.2, -0.15) is 0 Å². The fourth-order valence-electron chi connectivity index (χ4n) is 7.85. The second kappa shape index (κ2) is 11.5. The number of amides is 3. The molecule has 2 unspecified atom stereocenters. The van der Waals surface area contributed by atoms with Gasteiger partial charge in [-0.1, -0.05) is 45.3 Å². The van der Waals surface area contributed by atoms with Gasteiger partial charge in [-0.25, -0.2) is 0 Å². The SMILES string of the molecule is C=CCN(CCC)C(=O)[C@H]1[C@H]2C(=O)N([C@@H](CC)CO)C(C(=O)N(CC=C)C3CCCCC3)C23CC[C@]1(C)O3. The molecule has 4 rings (SSSR count). The predicted molar refractivity (Wildman–Crippen MR) is 146 cm³/mol. The maximum absolute atomic E-state index is 14.6. The zero-order valence-electron chi connectivity index (χ0n) is 23.6. The van der Waals surface area contributed by atoms with E-state index < -0.39 is 35.1 Å². The molecule has 1 saturated carbocycles. The van der Waals surface area contributed by atoms with Crippen molar-refractivity contribution in [1.29, 1.82) is 0 Å². The molecule has 4 aliphatic rings. The third kappa shape index (κ3) is 4.51. The molecule has 38 heavy (non-hydrogen) atoms. The Balaban J connectivity index is 1.79. The van der Waals surface area contributed by atoms with Crippen molar-refractivity contribution in [2.75, 3.05) is 26.2 Å². The first-order valence-electron chi connectivity index (χ1n) is 14.7. The molecule has 8 heteroatoms. The molecule has 3 saturated heterocycles. The smallest absolute Gasteiger partial charge is 0.248 e. The van der Waals surface area contributed by atoms with Gasteiger partial charge in [0.05, 0.1) is 30.1 Å². The van der Waals surface area contributed by atoms with E-state index in [1.54, 1.807) is 22.0 Å². The van der Waals surface area contributed by atoms with Gasteiger partial charge in [-0.3, -0.25) is 14.4 Å². The number of carbonyl (C=O) groups is 3. The molecule has 2 bridgehead atoms. The molecule has 4 fully saturated rings. The lowest BCUT2D eigenvalue weighted by Crippen LogP contribution is -2.60.